The summed E-state index contributed by atoms with van der Waals surface area (Å²) in [7, 11) is 0. The average molecular weight is 848 g/mol. The zero-order chi connectivity index (χ0) is 42.1. The van der Waals surface area contributed by atoms with Crippen LogP contribution >= 0.6 is 23.2 Å². The van der Waals surface area contributed by atoms with Crippen molar-refractivity contribution < 1.29 is 19.1 Å². The molecule has 6 heteroatoms. The summed E-state index contributed by atoms with van der Waals surface area (Å²) >= 11 is 13.6. The molecule has 60 heavy (non-hydrogen) atoms. The van der Waals surface area contributed by atoms with Crippen LogP contribution in [0.1, 0.15) is 155 Å². The zero-order valence-corrected chi connectivity index (χ0v) is 37.5. The van der Waals surface area contributed by atoms with Gasteiger partial charge in [-0.2, -0.15) is 0 Å². The fraction of sp³-hybridized carbons (Fsp3) is 0.444. The lowest BCUT2D eigenvalue weighted by Crippen LogP contribution is -2.09. The SMILES string of the molecule is CCCCCCCCCCCCC(=O)Oc1c2ccccc2c(-c2c3ccccc3c(OC(=O)CCCCCCCCCCCC)c3ccc(Cl)cc23)c2cc(Cl)ccc12. The van der Waals surface area contributed by atoms with E-state index >= 15 is 0 Å². The molecule has 0 saturated carbocycles. The molecule has 318 valence electrons. The Balaban J connectivity index is 1.28. The molecule has 0 aliphatic heterocycles. The highest BCUT2D eigenvalue weighted by atomic mass is 35.5. The van der Waals surface area contributed by atoms with Gasteiger partial charge in [-0.05, 0) is 81.9 Å². The lowest BCUT2D eigenvalue weighted by molar-refractivity contribution is -0.135. The largest absolute Gasteiger partial charge is 0.425 e. The van der Waals surface area contributed by atoms with Crippen LogP contribution in [0.25, 0.3) is 54.2 Å². The topological polar surface area (TPSA) is 52.6 Å². The second-order valence-corrected chi connectivity index (χ2v) is 17.6. The molecule has 0 radical (unpaired) electrons. The summed E-state index contributed by atoms with van der Waals surface area (Å²) in [4.78, 5) is 27.1. The molecule has 0 amide bonds. The smallest absolute Gasteiger partial charge is 0.311 e. The first-order valence-electron chi connectivity index (χ1n) is 23.1. The Labute approximate surface area is 368 Å². The molecule has 0 aromatic heterocycles. The van der Waals surface area contributed by atoms with E-state index in [1.165, 1.54) is 89.9 Å². The first-order valence-corrected chi connectivity index (χ1v) is 23.9. The normalized spacial score (nSPS) is 11.6. The van der Waals surface area contributed by atoms with Crippen molar-refractivity contribution in [2.75, 3.05) is 0 Å². The monoisotopic (exact) mass is 846 g/mol. The maximum absolute atomic E-state index is 13.5. The summed E-state index contributed by atoms with van der Waals surface area (Å²) in [6.45, 7) is 4.50. The second kappa shape index (κ2) is 23.8. The molecule has 0 bridgehead atoms. The number of rotatable bonds is 25. The highest BCUT2D eigenvalue weighted by Gasteiger charge is 2.24. The van der Waals surface area contributed by atoms with Crippen molar-refractivity contribution in [1.29, 1.82) is 0 Å². The van der Waals surface area contributed by atoms with E-state index < -0.39 is 0 Å². The van der Waals surface area contributed by atoms with E-state index in [1.807, 2.05) is 72.8 Å². The van der Waals surface area contributed by atoms with Crippen molar-refractivity contribution in [3.8, 4) is 22.6 Å². The predicted octanol–water partition coefficient (Wildman–Crippen LogP) is 17.7. The minimum atomic E-state index is -0.227. The van der Waals surface area contributed by atoms with Gasteiger partial charge in [0, 0.05) is 44.4 Å². The number of ether oxygens (including phenoxy) is 2. The Morgan fingerprint density at radius 2 is 0.683 bits per heavy atom. The minimum Gasteiger partial charge on any atom is -0.425 e. The number of unbranched alkanes of at least 4 members (excludes halogenated alkanes) is 18. The summed E-state index contributed by atoms with van der Waals surface area (Å²) in [6.07, 6.45) is 24.8. The van der Waals surface area contributed by atoms with Gasteiger partial charge in [0.15, 0.2) is 0 Å². The summed E-state index contributed by atoms with van der Waals surface area (Å²) in [6, 6.07) is 27.7. The molecule has 0 N–H and O–H groups in total. The Morgan fingerprint density at radius 1 is 0.383 bits per heavy atom. The van der Waals surface area contributed by atoms with E-state index in [-0.39, 0.29) is 11.9 Å². The lowest BCUT2D eigenvalue weighted by Gasteiger charge is -2.21. The number of fused-ring (bicyclic) bond motifs is 4. The summed E-state index contributed by atoms with van der Waals surface area (Å²) in [5.74, 6) is 0.635. The molecule has 0 fully saturated rings. The van der Waals surface area contributed by atoms with Crippen LogP contribution in [0.5, 0.6) is 11.5 Å². The Bertz CT molecular complexity index is 2180. The van der Waals surface area contributed by atoms with Crippen molar-refractivity contribution in [2.45, 2.75) is 155 Å². The molecule has 0 heterocycles. The van der Waals surface area contributed by atoms with E-state index in [1.54, 1.807) is 0 Å². The fourth-order valence-electron chi connectivity index (χ4n) is 8.82. The molecular formula is C54H64Cl2O4. The Hall–Kier alpha value is -4.12. The van der Waals surface area contributed by atoms with Gasteiger partial charge in [0.2, 0.25) is 0 Å². The van der Waals surface area contributed by atoms with Crippen LogP contribution in [-0.4, -0.2) is 11.9 Å². The van der Waals surface area contributed by atoms with Gasteiger partial charge in [-0.3, -0.25) is 9.59 Å². The maximum Gasteiger partial charge on any atom is 0.311 e. The zero-order valence-electron chi connectivity index (χ0n) is 36.0. The quantitative estimate of drug-likeness (QED) is 0.0249. The van der Waals surface area contributed by atoms with Gasteiger partial charge in [0.05, 0.1) is 0 Å². The van der Waals surface area contributed by atoms with Crippen LogP contribution in [-0.2, 0) is 9.59 Å². The Kier molecular flexibility index (Phi) is 18.0. The van der Waals surface area contributed by atoms with E-state index in [0.717, 1.165) is 92.7 Å². The van der Waals surface area contributed by atoms with Crippen molar-refractivity contribution in [3.63, 3.8) is 0 Å². The third-order valence-electron chi connectivity index (χ3n) is 12.0. The first kappa shape index (κ1) is 45.4. The first-order chi connectivity index (χ1) is 29.4. The molecule has 0 aliphatic carbocycles. The Morgan fingerprint density at radius 3 is 1.03 bits per heavy atom. The maximum atomic E-state index is 13.5. The number of carbonyl (C=O) groups excluding carboxylic acids is 2. The van der Waals surface area contributed by atoms with E-state index in [9.17, 15) is 9.59 Å². The van der Waals surface area contributed by atoms with Crippen LogP contribution in [0.3, 0.4) is 0 Å². The number of esters is 2. The average Bonchev–Trinajstić information content (AvgIpc) is 3.25. The van der Waals surface area contributed by atoms with Crippen molar-refractivity contribution in [3.05, 3.63) is 95.0 Å². The van der Waals surface area contributed by atoms with Gasteiger partial charge in [-0.1, -0.05) is 201 Å². The van der Waals surface area contributed by atoms with Crippen LogP contribution in [0.2, 0.25) is 10.0 Å². The predicted molar refractivity (Wildman–Crippen MR) is 256 cm³/mol. The van der Waals surface area contributed by atoms with Crippen LogP contribution < -0.4 is 9.47 Å². The highest BCUT2D eigenvalue weighted by Crippen LogP contribution is 2.50. The third kappa shape index (κ3) is 12.0. The molecule has 6 aromatic rings. The van der Waals surface area contributed by atoms with Crippen molar-refractivity contribution in [1.82, 2.24) is 0 Å². The molecular weight excluding hydrogens is 783 g/mol. The fourth-order valence-corrected chi connectivity index (χ4v) is 9.17. The number of carbonyl (C=O) groups is 2. The van der Waals surface area contributed by atoms with E-state index in [0.29, 0.717) is 34.4 Å². The molecule has 6 rings (SSSR count). The summed E-state index contributed by atoms with van der Waals surface area (Å²) in [5.41, 5.74) is 1.90. The van der Waals surface area contributed by atoms with Gasteiger partial charge in [0.1, 0.15) is 11.5 Å². The molecule has 0 spiro atoms. The lowest BCUT2D eigenvalue weighted by atomic mass is 9.85. The molecule has 4 nitrogen and oxygen atoms in total. The van der Waals surface area contributed by atoms with Gasteiger partial charge in [-0.15, -0.1) is 0 Å². The van der Waals surface area contributed by atoms with Crippen molar-refractivity contribution in [2.24, 2.45) is 0 Å². The van der Waals surface area contributed by atoms with Crippen LogP contribution in [0, 0.1) is 0 Å². The van der Waals surface area contributed by atoms with Gasteiger partial charge in [-0.25, -0.2) is 0 Å². The second-order valence-electron chi connectivity index (χ2n) is 16.7. The van der Waals surface area contributed by atoms with Gasteiger partial charge in [0.25, 0.3) is 0 Å². The molecule has 0 saturated heterocycles. The highest BCUT2D eigenvalue weighted by molar-refractivity contribution is 6.34. The number of halogens is 2. The summed E-state index contributed by atoms with van der Waals surface area (Å²) < 4.78 is 12.7. The molecule has 6 aromatic carbocycles. The number of hydrogen-bond acceptors (Lipinski definition) is 4. The number of hydrogen-bond donors (Lipinski definition) is 0. The van der Waals surface area contributed by atoms with Crippen LogP contribution in [0.4, 0.5) is 0 Å². The van der Waals surface area contributed by atoms with Gasteiger partial charge < -0.3 is 9.47 Å². The third-order valence-corrected chi connectivity index (χ3v) is 12.5. The molecule has 0 atom stereocenters. The number of benzene rings is 6. The van der Waals surface area contributed by atoms with E-state index in [4.69, 9.17) is 32.7 Å². The summed E-state index contributed by atoms with van der Waals surface area (Å²) in [5, 5.41) is 8.00. The van der Waals surface area contributed by atoms with E-state index in [2.05, 4.69) is 26.0 Å². The molecule has 0 unspecified atom stereocenters. The van der Waals surface area contributed by atoms with Crippen LogP contribution in [0.15, 0.2) is 84.9 Å². The van der Waals surface area contributed by atoms with Gasteiger partial charge >= 0.3 is 11.9 Å². The van der Waals surface area contributed by atoms with Crippen molar-refractivity contribution >= 4 is 78.2 Å². The molecule has 0 aliphatic rings. The standard InChI is InChI=1S/C54H64Cl2O4/c1-3-5-7-9-11-13-15-17-19-21-31-49(57)59-53-43-29-25-23-27-41(43)51(47-37-39(55)33-35-45(47)53)52-42-28-24-26-30-44(42)54(46-36-34-40(56)38-48(46)52)60-50(58)32-22-20-18-16-14-12-10-8-6-4-2/h23-30,33-38H,3-22,31-32H2,1-2H3. The minimum absolute atomic E-state index is 0.227.